The van der Waals surface area contributed by atoms with Gasteiger partial charge in [-0.15, -0.1) is 0 Å². The van der Waals surface area contributed by atoms with E-state index in [-0.39, 0.29) is 18.3 Å². The molecular weight excluding hydrogens is 258 g/mol. The molecule has 0 bridgehead atoms. The van der Waals surface area contributed by atoms with E-state index in [1.807, 2.05) is 6.07 Å². The van der Waals surface area contributed by atoms with E-state index in [4.69, 9.17) is 20.9 Å². The topological polar surface area (TPSA) is 18.5 Å². The first-order chi connectivity index (χ1) is 8.80. The quantitative estimate of drug-likeness (QED) is 0.771. The summed E-state index contributed by atoms with van der Waals surface area (Å²) in [7, 11) is -0.280. The monoisotopic (exact) mass is 278 g/mol. The Hall–Kier alpha value is -0.505. The van der Waals surface area contributed by atoms with Gasteiger partial charge in [-0.25, -0.2) is 0 Å². The Balaban J connectivity index is 1.96. The second-order valence-electron chi connectivity index (χ2n) is 6.64. The summed E-state index contributed by atoms with van der Waals surface area (Å²) in [6.07, 6.45) is 2.49. The zero-order valence-corrected chi connectivity index (χ0v) is 12.8. The summed E-state index contributed by atoms with van der Waals surface area (Å²) in [6, 6.07) is 6.05. The van der Waals surface area contributed by atoms with Crippen LogP contribution in [0, 0.1) is 0 Å². The predicted molar refractivity (Wildman–Crippen MR) is 79.1 cm³/mol. The minimum absolute atomic E-state index is 0.280. The predicted octanol–water partition coefficient (Wildman–Crippen LogP) is 3.52. The van der Waals surface area contributed by atoms with Gasteiger partial charge in [-0.3, -0.25) is 0 Å². The molecule has 1 aliphatic heterocycles. The van der Waals surface area contributed by atoms with Crippen molar-refractivity contribution in [3.63, 3.8) is 0 Å². The smallest absolute Gasteiger partial charge is 0.399 e. The SMILES string of the molecule is CC1(C)OB(c2ccc(Cl)cc2C2CC2)OC1(C)C. The summed E-state index contributed by atoms with van der Waals surface area (Å²) in [5.41, 5.74) is 1.85. The largest absolute Gasteiger partial charge is 0.495 e. The molecule has 1 heterocycles. The third-order valence-electron chi connectivity index (χ3n) is 4.57. The first kappa shape index (κ1) is 13.5. The molecule has 0 spiro atoms. The molecule has 0 aromatic heterocycles. The van der Waals surface area contributed by atoms with Crippen molar-refractivity contribution in [1.29, 1.82) is 0 Å². The van der Waals surface area contributed by atoms with Crippen molar-refractivity contribution < 1.29 is 9.31 Å². The summed E-state index contributed by atoms with van der Waals surface area (Å²) in [5.74, 6) is 0.632. The molecule has 102 valence electrons. The van der Waals surface area contributed by atoms with Crippen LogP contribution in [-0.2, 0) is 9.31 Å². The molecular formula is C15H20BClO2. The van der Waals surface area contributed by atoms with Crippen LogP contribution in [0.2, 0.25) is 5.02 Å². The Bertz CT molecular complexity index is 493. The van der Waals surface area contributed by atoms with Crippen LogP contribution in [0.15, 0.2) is 18.2 Å². The van der Waals surface area contributed by atoms with Gasteiger partial charge in [-0.1, -0.05) is 17.7 Å². The number of hydrogen-bond donors (Lipinski definition) is 0. The van der Waals surface area contributed by atoms with Crippen molar-refractivity contribution in [1.82, 2.24) is 0 Å². The normalized spacial score (nSPS) is 24.8. The highest BCUT2D eigenvalue weighted by molar-refractivity contribution is 6.62. The van der Waals surface area contributed by atoms with Gasteiger partial charge < -0.3 is 9.31 Å². The molecule has 4 heteroatoms. The van der Waals surface area contributed by atoms with Gasteiger partial charge in [0, 0.05) is 5.02 Å². The van der Waals surface area contributed by atoms with E-state index in [0.717, 1.165) is 10.5 Å². The second kappa shape index (κ2) is 4.24. The van der Waals surface area contributed by atoms with Crippen LogP contribution >= 0.6 is 11.6 Å². The van der Waals surface area contributed by atoms with Crippen molar-refractivity contribution in [3.05, 3.63) is 28.8 Å². The fourth-order valence-electron chi connectivity index (χ4n) is 2.48. The maximum Gasteiger partial charge on any atom is 0.495 e. The minimum Gasteiger partial charge on any atom is -0.399 e. The average molecular weight is 279 g/mol. The fourth-order valence-corrected chi connectivity index (χ4v) is 2.66. The van der Waals surface area contributed by atoms with E-state index in [1.165, 1.54) is 18.4 Å². The Labute approximate surface area is 120 Å². The lowest BCUT2D eigenvalue weighted by Crippen LogP contribution is -2.41. The Kier molecular flexibility index (Phi) is 3.01. The lowest BCUT2D eigenvalue weighted by Gasteiger charge is -2.32. The Morgan fingerprint density at radius 2 is 1.68 bits per heavy atom. The summed E-state index contributed by atoms with van der Waals surface area (Å²) < 4.78 is 12.3. The number of rotatable bonds is 2. The molecule has 0 unspecified atom stereocenters. The number of halogens is 1. The van der Waals surface area contributed by atoms with Gasteiger partial charge in [0.1, 0.15) is 0 Å². The maximum atomic E-state index is 6.14. The molecule has 0 radical (unpaired) electrons. The van der Waals surface area contributed by atoms with E-state index in [2.05, 4.69) is 39.8 Å². The third-order valence-corrected chi connectivity index (χ3v) is 4.81. The van der Waals surface area contributed by atoms with Gasteiger partial charge in [0.2, 0.25) is 0 Å². The first-order valence-electron chi connectivity index (χ1n) is 6.95. The molecule has 1 saturated carbocycles. The van der Waals surface area contributed by atoms with Gasteiger partial charge in [0.05, 0.1) is 11.2 Å². The highest BCUT2D eigenvalue weighted by atomic mass is 35.5. The van der Waals surface area contributed by atoms with Gasteiger partial charge >= 0.3 is 7.12 Å². The summed E-state index contributed by atoms with van der Waals surface area (Å²) in [5, 5.41) is 0.794. The summed E-state index contributed by atoms with van der Waals surface area (Å²) in [4.78, 5) is 0. The molecule has 2 aliphatic rings. The van der Waals surface area contributed by atoms with Crippen molar-refractivity contribution in [2.24, 2.45) is 0 Å². The number of hydrogen-bond acceptors (Lipinski definition) is 2. The lowest BCUT2D eigenvalue weighted by molar-refractivity contribution is 0.00578. The molecule has 1 aromatic carbocycles. The zero-order valence-electron chi connectivity index (χ0n) is 12.0. The Morgan fingerprint density at radius 3 is 2.21 bits per heavy atom. The molecule has 2 nitrogen and oxygen atoms in total. The lowest BCUT2D eigenvalue weighted by atomic mass is 9.75. The van der Waals surface area contributed by atoms with E-state index in [9.17, 15) is 0 Å². The number of benzene rings is 1. The van der Waals surface area contributed by atoms with Crippen LogP contribution in [0.25, 0.3) is 0 Å². The highest BCUT2D eigenvalue weighted by Crippen LogP contribution is 2.42. The molecule has 1 aromatic rings. The minimum atomic E-state index is -0.294. The standard InChI is InChI=1S/C15H20BClO2/c1-14(2)15(3,4)19-16(18-14)13-8-7-11(17)9-12(13)10-5-6-10/h7-10H,5-6H2,1-4H3. The first-order valence-corrected chi connectivity index (χ1v) is 7.33. The van der Waals surface area contributed by atoms with Crippen LogP contribution < -0.4 is 5.46 Å². The van der Waals surface area contributed by atoms with Crippen LogP contribution in [-0.4, -0.2) is 18.3 Å². The van der Waals surface area contributed by atoms with E-state index in [1.54, 1.807) is 0 Å². The van der Waals surface area contributed by atoms with E-state index in [0.29, 0.717) is 5.92 Å². The summed E-state index contributed by atoms with van der Waals surface area (Å²) >= 11 is 6.13. The molecule has 0 N–H and O–H groups in total. The van der Waals surface area contributed by atoms with Crippen LogP contribution in [0.5, 0.6) is 0 Å². The van der Waals surface area contributed by atoms with Gasteiger partial charge in [0.15, 0.2) is 0 Å². The van der Waals surface area contributed by atoms with Crippen molar-refractivity contribution in [3.8, 4) is 0 Å². The molecule has 2 fully saturated rings. The Morgan fingerprint density at radius 1 is 1.11 bits per heavy atom. The molecule has 19 heavy (non-hydrogen) atoms. The molecule has 1 aliphatic carbocycles. The highest BCUT2D eigenvalue weighted by Gasteiger charge is 2.52. The molecule has 0 amide bonds. The second-order valence-corrected chi connectivity index (χ2v) is 7.07. The zero-order chi connectivity index (χ0) is 13.8. The van der Waals surface area contributed by atoms with E-state index < -0.39 is 0 Å². The maximum absolute atomic E-state index is 6.14. The summed E-state index contributed by atoms with van der Waals surface area (Å²) in [6.45, 7) is 8.33. The fraction of sp³-hybridized carbons (Fsp3) is 0.600. The van der Waals surface area contributed by atoms with Gasteiger partial charge in [0.25, 0.3) is 0 Å². The molecule has 3 rings (SSSR count). The molecule has 1 saturated heterocycles. The van der Waals surface area contributed by atoms with Crippen molar-refractivity contribution in [2.45, 2.75) is 57.7 Å². The van der Waals surface area contributed by atoms with Crippen molar-refractivity contribution in [2.75, 3.05) is 0 Å². The average Bonchev–Trinajstić information content (AvgIpc) is 3.07. The van der Waals surface area contributed by atoms with Crippen molar-refractivity contribution >= 4 is 24.2 Å². The van der Waals surface area contributed by atoms with Gasteiger partial charge in [-0.2, -0.15) is 0 Å². The van der Waals surface area contributed by atoms with Crippen LogP contribution in [0.1, 0.15) is 52.0 Å². The van der Waals surface area contributed by atoms with Crippen LogP contribution in [0.3, 0.4) is 0 Å². The third kappa shape index (κ3) is 2.33. The van der Waals surface area contributed by atoms with Crippen LogP contribution in [0.4, 0.5) is 0 Å². The molecule has 0 atom stereocenters. The van der Waals surface area contributed by atoms with E-state index >= 15 is 0 Å². The van der Waals surface area contributed by atoms with Gasteiger partial charge in [-0.05, 0) is 69.6 Å².